The number of hydrogen-bond acceptors (Lipinski definition) is 7. The predicted molar refractivity (Wildman–Crippen MR) is 99.9 cm³/mol. The molecule has 0 fully saturated rings. The quantitative estimate of drug-likeness (QED) is 0.310. The zero-order chi connectivity index (χ0) is 20.3. The molecule has 8 nitrogen and oxygen atoms in total. The van der Waals surface area contributed by atoms with Gasteiger partial charge < -0.3 is 35.4 Å². The number of amides is 1. The molecule has 8 heteroatoms. The van der Waals surface area contributed by atoms with Crippen LogP contribution in [0.1, 0.15) is 47.0 Å². The molecule has 0 aromatic carbocycles. The van der Waals surface area contributed by atoms with Gasteiger partial charge in [-0.1, -0.05) is 13.3 Å². The highest BCUT2D eigenvalue weighted by Crippen LogP contribution is 2.12. The Kier molecular flexibility index (Phi) is 12.0. The van der Waals surface area contributed by atoms with Gasteiger partial charge in [0.05, 0.1) is 12.7 Å². The Morgan fingerprint density at radius 1 is 1.12 bits per heavy atom. The fourth-order valence-corrected chi connectivity index (χ4v) is 2.55. The van der Waals surface area contributed by atoms with E-state index in [1.807, 2.05) is 32.7 Å². The first-order valence-corrected chi connectivity index (χ1v) is 9.28. The number of aliphatic hydroxyl groups is 4. The Labute approximate surface area is 157 Å². The van der Waals surface area contributed by atoms with Crippen LogP contribution < -0.4 is 5.32 Å². The molecular formula is C18H38N2O6. The third-order valence-corrected chi connectivity index (χ3v) is 4.00. The number of alkyl carbamates (subject to hydrolysis) is 1. The first-order chi connectivity index (χ1) is 12.0. The molecule has 0 aromatic heterocycles. The van der Waals surface area contributed by atoms with Gasteiger partial charge in [0.2, 0.25) is 0 Å². The summed E-state index contributed by atoms with van der Waals surface area (Å²) in [6.45, 7) is 8.63. The lowest BCUT2D eigenvalue weighted by atomic mass is 9.96. The Bertz CT molecular complexity index is 388. The average molecular weight is 379 g/mol. The van der Waals surface area contributed by atoms with E-state index in [9.17, 15) is 20.1 Å². The van der Waals surface area contributed by atoms with Gasteiger partial charge in [0.25, 0.3) is 0 Å². The topological polar surface area (TPSA) is 122 Å². The SMILES string of the molecule is CC(CN(C)CCCCCNC(=O)OC(C)(C)C)[C@@H](O)[C@H](O)[C@H](O)CO. The van der Waals surface area contributed by atoms with E-state index in [0.29, 0.717) is 13.1 Å². The van der Waals surface area contributed by atoms with Crippen molar-refractivity contribution in [3.8, 4) is 0 Å². The van der Waals surface area contributed by atoms with Gasteiger partial charge in [-0.3, -0.25) is 0 Å². The number of unbranched alkanes of at least 4 members (excludes halogenated alkanes) is 2. The maximum atomic E-state index is 11.5. The summed E-state index contributed by atoms with van der Waals surface area (Å²) in [5.41, 5.74) is -0.491. The standard InChI is InChI=1S/C18H38N2O6/c1-13(15(23)16(24)14(22)12-21)11-20(5)10-8-6-7-9-19-17(25)26-18(2,3)4/h13-16,21-24H,6-12H2,1-5H3,(H,19,25)/t13?,14-,15-,16-/m1/s1. The van der Waals surface area contributed by atoms with Crippen LogP contribution in [0.2, 0.25) is 0 Å². The molecule has 0 saturated heterocycles. The molecule has 0 heterocycles. The lowest BCUT2D eigenvalue weighted by molar-refractivity contribution is -0.0948. The lowest BCUT2D eigenvalue weighted by Gasteiger charge is -2.29. The minimum Gasteiger partial charge on any atom is -0.444 e. The maximum absolute atomic E-state index is 11.5. The fraction of sp³-hybridized carbons (Fsp3) is 0.944. The van der Waals surface area contributed by atoms with Crippen molar-refractivity contribution < 1.29 is 30.0 Å². The number of nitrogens with one attached hydrogen (secondary N) is 1. The Hall–Kier alpha value is -0.930. The molecule has 0 bridgehead atoms. The van der Waals surface area contributed by atoms with Gasteiger partial charge in [0, 0.05) is 13.1 Å². The number of rotatable bonds is 12. The van der Waals surface area contributed by atoms with Crippen LogP contribution in [0, 0.1) is 5.92 Å². The van der Waals surface area contributed by atoms with Crippen LogP contribution in [0.15, 0.2) is 0 Å². The molecule has 1 amide bonds. The van der Waals surface area contributed by atoms with Gasteiger partial charge in [0.15, 0.2) is 0 Å². The molecule has 0 aliphatic carbocycles. The maximum Gasteiger partial charge on any atom is 0.407 e. The van der Waals surface area contributed by atoms with Gasteiger partial charge in [-0.25, -0.2) is 4.79 Å². The highest BCUT2D eigenvalue weighted by atomic mass is 16.6. The Balaban J connectivity index is 3.86. The van der Waals surface area contributed by atoms with Crippen LogP contribution in [0.3, 0.4) is 0 Å². The Morgan fingerprint density at radius 3 is 2.27 bits per heavy atom. The van der Waals surface area contributed by atoms with Crippen LogP contribution in [-0.4, -0.2) is 88.6 Å². The molecular weight excluding hydrogens is 340 g/mol. The summed E-state index contributed by atoms with van der Waals surface area (Å²) in [4.78, 5) is 13.5. The summed E-state index contributed by atoms with van der Waals surface area (Å²) in [5.74, 6) is -0.245. The van der Waals surface area contributed by atoms with E-state index in [4.69, 9.17) is 9.84 Å². The summed E-state index contributed by atoms with van der Waals surface area (Å²) in [6.07, 6.45) is -1.46. The number of aliphatic hydroxyl groups excluding tert-OH is 4. The molecule has 0 aromatic rings. The molecule has 0 radical (unpaired) electrons. The summed E-state index contributed by atoms with van der Waals surface area (Å²) in [5, 5.41) is 40.7. The van der Waals surface area contributed by atoms with Crippen molar-refractivity contribution in [2.24, 2.45) is 5.92 Å². The van der Waals surface area contributed by atoms with E-state index < -0.39 is 36.6 Å². The molecule has 1 unspecified atom stereocenters. The molecule has 4 atom stereocenters. The van der Waals surface area contributed by atoms with E-state index in [0.717, 1.165) is 25.8 Å². The van der Waals surface area contributed by atoms with Crippen LogP contribution in [0.25, 0.3) is 0 Å². The van der Waals surface area contributed by atoms with Crippen molar-refractivity contribution in [2.45, 2.75) is 70.9 Å². The molecule has 5 N–H and O–H groups in total. The van der Waals surface area contributed by atoms with Crippen molar-refractivity contribution in [1.82, 2.24) is 10.2 Å². The number of carbonyl (C=O) groups is 1. The molecule has 0 spiro atoms. The van der Waals surface area contributed by atoms with E-state index in [1.165, 1.54) is 0 Å². The van der Waals surface area contributed by atoms with E-state index in [-0.39, 0.29) is 5.92 Å². The molecule has 156 valence electrons. The third-order valence-electron chi connectivity index (χ3n) is 4.00. The molecule has 0 saturated carbocycles. The van der Waals surface area contributed by atoms with Crippen molar-refractivity contribution in [3.05, 3.63) is 0 Å². The molecule has 0 aliphatic heterocycles. The second-order valence-corrected chi connectivity index (χ2v) is 7.96. The zero-order valence-corrected chi connectivity index (χ0v) is 16.8. The van der Waals surface area contributed by atoms with Crippen LogP contribution >= 0.6 is 0 Å². The highest BCUT2D eigenvalue weighted by Gasteiger charge is 2.29. The first-order valence-electron chi connectivity index (χ1n) is 9.28. The minimum absolute atomic E-state index is 0.245. The summed E-state index contributed by atoms with van der Waals surface area (Å²) >= 11 is 0. The lowest BCUT2D eigenvalue weighted by Crippen LogP contribution is -2.45. The van der Waals surface area contributed by atoms with Crippen molar-refractivity contribution in [1.29, 1.82) is 0 Å². The molecule has 26 heavy (non-hydrogen) atoms. The normalized spacial score (nSPS) is 16.8. The Morgan fingerprint density at radius 2 is 1.73 bits per heavy atom. The molecule has 0 rings (SSSR count). The van der Waals surface area contributed by atoms with E-state index >= 15 is 0 Å². The summed E-state index contributed by atoms with van der Waals surface area (Å²) in [7, 11) is 1.93. The third kappa shape index (κ3) is 11.6. The van der Waals surface area contributed by atoms with Gasteiger partial charge in [-0.15, -0.1) is 0 Å². The first kappa shape index (κ1) is 25.1. The highest BCUT2D eigenvalue weighted by molar-refractivity contribution is 5.67. The number of nitrogens with zero attached hydrogens (tertiary/aromatic N) is 1. The summed E-state index contributed by atoms with van der Waals surface area (Å²) in [6, 6.07) is 0. The number of hydrogen-bond donors (Lipinski definition) is 5. The second-order valence-electron chi connectivity index (χ2n) is 7.96. The van der Waals surface area contributed by atoms with E-state index in [2.05, 4.69) is 5.32 Å². The van der Waals surface area contributed by atoms with Gasteiger partial charge in [-0.2, -0.15) is 0 Å². The largest absolute Gasteiger partial charge is 0.444 e. The molecule has 0 aliphatic rings. The second kappa shape index (κ2) is 12.5. The van der Waals surface area contributed by atoms with Crippen LogP contribution in [0.5, 0.6) is 0 Å². The average Bonchev–Trinajstić information content (AvgIpc) is 2.53. The van der Waals surface area contributed by atoms with Gasteiger partial charge >= 0.3 is 6.09 Å². The van der Waals surface area contributed by atoms with Gasteiger partial charge in [-0.05, 0) is 53.1 Å². The van der Waals surface area contributed by atoms with Crippen LogP contribution in [0.4, 0.5) is 4.79 Å². The smallest absolute Gasteiger partial charge is 0.407 e. The monoisotopic (exact) mass is 378 g/mol. The zero-order valence-electron chi connectivity index (χ0n) is 16.8. The van der Waals surface area contributed by atoms with E-state index in [1.54, 1.807) is 6.92 Å². The predicted octanol–water partition coefficient (Wildman–Crippen LogP) is 0.324. The fourth-order valence-electron chi connectivity index (χ4n) is 2.55. The van der Waals surface area contributed by atoms with Crippen molar-refractivity contribution in [3.63, 3.8) is 0 Å². The number of ether oxygens (including phenoxy) is 1. The van der Waals surface area contributed by atoms with Crippen molar-refractivity contribution in [2.75, 3.05) is 33.3 Å². The van der Waals surface area contributed by atoms with Gasteiger partial charge in [0.1, 0.15) is 17.8 Å². The van der Waals surface area contributed by atoms with Crippen molar-refractivity contribution >= 4 is 6.09 Å². The summed E-state index contributed by atoms with van der Waals surface area (Å²) < 4.78 is 5.16. The number of carbonyl (C=O) groups excluding carboxylic acids is 1. The minimum atomic E-state index is -1.36. The van der Waals surface area contributed by atoms with Crippen LogP contribution in [-0.2, 0) is 4.74 Å².